The van der Waals surface area contributed by atoms with Crippen molar-refractivity contribution in [1.82, 2.24) is 0 Å². The number of aliphatic hydroxyl groups is 1. The lowest BCUT2D eigenvalue weighted by Crippen LogP contribution is -2.51. The largest absolute Gasteiger partial charge is 0.453 e. The van der Waals surface area contributed by atoms with Gasteiger partial charge in [0.1, 0.15) is 0 Å². The second-order valence-corrected chi connectivity index (χ2v) is 16.1. The average Bonchev–Trinajstić information content (AvgIpc) is 2.31. The molecule has 0 rings (SSSR count). The molecule has 0 aromatic rings. The molecule has 0 spiro atoms. The first-order chi connectivity index (χ1) is 9.36. The molecule has 6 heteroatoms. The monoisotopic (exact) mass is 336 g/mol. The Hall–Kier alpha value is 0.274. The van der Waals surface area contributed by atoms with Gasteiger partial charge in [-0.15, -0.1) is 0 Å². The third kappa shape index (κ3) is 9.81. The summed E-state index contributed by atoms with van der Waals surface area (Å²) in [4.78, 5) is 0. The zero-order valence-electron chi connectivity index (χ0n) is 15.4. The van der Waals surface area contributed by atoms with E-state index in [2.05, 4.69) is 47.0 Å². The third-order valence-corrected chi connectivity index (χ3v) is 9.70. The van der Waals surface area contributed by atoms with E-state index in [0.29, 0.717) is 18.4 Å². The highest BCUT2D eigenvalue weighted by Crippen LogP contribution is 2.18. The van der Waals surface area contributed by atoms with Gasteiger partial charge in [0.05, 0.1) is 30.8 Å². The van der Waals surface area contributed by atoms with Gasteiger partial charge in [-0.1, -0.05) is 13.8 Å². The molecule has 0 fully saturated rings. The van der Waals surface area contributed by atoms with E-state index in [-0.39, 0.29) is 12.2 Å². The van der Waals surface area contributed by atoms with Crippen LogP contribution in [0.4, 0.5) is 0 Å². The fourth-order valence-corrected chi connectivity index (χ4v) is 9.59. The summed E-state index contributed by atoms with van der Waals surface area (Å²) in [7, 11) is -3.75. The molecule has 0 bridgehead atoms. The number of aliphatic hydroxyl groups excluding tert-OH is 1. The molecule has 0 aliphatic carbocycles. The average molecular weight is 337 g/mol. The quantitative estimate of drug-likeness (QED) is 0.622. The molecule has 0 heterocycles. The van der Waals surface area contributed by atoms with Crippen LogP contribution in [0.25, 0.3) is 0 Å². The van der Waals surface area contributed by atoms with Crippen molar-refractivity contribution in [3.8, 4) is 0 Å². The molecular formula is C15H36O4Si2. The SMILES string of the molecule is CC(C)C(C)OC[Si](C)(C)O[Si](C)(C)COC(C)C(C)O. The molecule has 0 amide bonds. The summed E-state index contributed by atoms with van der Waals surface area (Å²) < 4.78 is 18.1. The number of hydrogen-bond acceptors (Lipinski definition) is 4. The van der Waals surface area contributed by atoms with E-state index in [1.807, 2.05) is 6.92 Å². The van der Waals surface area contributed by atoms with Gasteiger partial charge in [0, 0.05) is 0 Å². The van der Waals surface area contributed by atoms with E-state index in [1.54, 1.807) is 6.92 Å². The van der Waals surface area contributed by atoms with Crippen molar-refractivity contribution in [2.24, 2.45) is 5.92 Å². The van der Waals surface area contributed by atoms with Crippen molar-refractivity contribution in [2.75, 3.05) is 12.5 Å². The summed E-state index contributed by atoms with van der Waals surface area (Å²) in [6, 6.07) is 0. The molecule has 1 N–H and O–H groups in total. The molecule has 3 unspecified atom stereocenters. The molecule has 0 aliphatic rings. The van der Waals surface area contributed by atoms with E-state index in [1.165, 1.54) is 0 Å². The first-order valence-corrected chi connectivity index (χ1v) is 14.2. The molecule has 0 saturated carbocycles. The fraction of sp³-hybridized carbons (Fsp3) is 1.00. The van der Waals surface area contributed by atoms with E-state index in [4.69, 9.17) is 13.6 Å². The second kappa shape index (κ2) is 8.79. The van der Waals surface area contributed by atoms with Crippen molar-refractivity contribution in [2.45, 2.75) is 79.1 Å². The highest BCUT2D eigenvalue weighted by Gasteiger charge is 2.34. The maximum atomic E-state index is 9.49. The lowest BCUT2D eigenvalue weighted by molar-refractivity contribution is -0.00389. The van der Waals surface area contributed by atoms with Gasteiger partial charge in [-0.25, -0.2) is 0 Å². The van der Waals surface area contributed by atoms with Gasteiger partial charge in [-0.3, -0.25) is 0 Å². The highest BCUT2D eigenvalue weighted by molar-refractivity contribution is 6.84. The fourth-order valence-electron chi connectivity index (χ4n) is 1.80. The van der Waals surface area contributed by atoms with Gasteiger partial charge in [0.25, 0.3) is 0 Å². The number of rotatable bonds is 10. The summed E-state index contributed by atoms with van der Waals surface area (Å²) >= 11 is 0. The molecule has 0 saturated heterocycles. The molecule has 0 aromatic heterocycles. The Morgan fingerprint density at radius 1 is 0.762 bits per heavy atom. The molecule has 128 valence electrons. The van der Waals surface area contributed by atoms with Gasteiger partial charge in [0.2, 0.25) is 0 Å². The molecule has 4 nitrogen and oxygen atoms in total. The molecule has 3 atom stereocenters. The van der Waals surface area contributed by atoms with Crippen molar-refractivity contribution in [3.63, 3.8) is 0 Å². The summed E-state index contributed by atoms with van der Waals surface area (Å²) in [6.07, 6.45) is 0.985. The standard InChI is InChI=1S/C15H36O4Si2/c1-12(2)14(4)17-10-20(6,7)19-21(8,9)11-18-15(5)13(3)16/h12-16H,10-11H2,1-9H3. The topological polar surface area (TPSA) is 47.9 Å². The summed E-state index contributed by atoms with van der Waals surface area (Å²) in [5, 5.41) is 9.49. The van der Waals surface area contributed by atoms with Gasteiger partial charge >= 0.3 is 0 Å². The Balaban J connectivity index is 4.33. The highest BCUT2D eigenvalue weighted by atomic mass is 28.4. The minimum Gasteiger partial charge on any atom is -0.453 e. The summed E-state index contributed by atoms with van der Waals surface area (Å²) in [5.41, 5.74) is 0. The lowest BCUT2D eigenvalue weighted by Gasteiger charge is -2.35. The van der Waals surface area contributed by atoms with Crippen molar-refractivity contribution in [1.29, 1.82) is 0 Å². The van der Waals surface area contributed by atoms with Crippen LogP contribution in [0.15, 0.2) is 0 Å². The van der Waals surface area contributed by atoms with Crippen LogP contribution in [0.3, 0.4) is 0 Å². The summed E-state index contributed by atoms with van der Waals surface area (Å²) in [5.74, 6) is 0.523. The van der Waals surface area contributed by atoms with Crippen LogP contribution in [0, 0.1) is 5.92 Å². The second-order valence-electron chi connectivity index (χ2n) is 7.64. The van der Waals surface area contributed by atoms with Gasteiger partial charge in [-0.05, 0) is 52.9 Å². The van der Waals surface area contributed by atoms with E-state index >= 15 is 0 Å². The van der Waals surface area contributed by atoms with Crippen molar-refractivity contribution < 1.29 is 18.7 Å². The smallest absolute Gasteiger partial charge is 0.199 e. The van der Waals surface area contributed by atoms with Gasteiger partial charge < -0.3 is 18.7 Å². The van der Waals surface area contributed by atoms with Crippen LogP contribution < -0.4 is 0 Å². The predicted octanol–water partition coefficient (Wildman–Crippen LogP) is 3.34. The number of ether oxygens (including phenoxy) is 2. The molecule has 21 heavy (non-hydrogen) atoms. The minimum atomic E-state index is -1.90. The molecule has 0 aliphatic heterocycles. The Morgan fingerprint density at radius 3 is 1.48 bits per heavy atom. The zero-order chi connectivity index (χ0) is 16.8. The normalized spacial score (nSPS) is 17.9. The minimum absolute atomic E-state index is 0.151. The van der Waals surface area contributed by atoms with Crippen LogP contribution >= 0.6 is 0 Å². The third-order valence-electron chi connectivity index (χ3n) is 3.56. The molecular weight excluding hydrogens is 300 g/mol. The summed E-state index contributed by atoms with van der Waals surface area (Å²) in [6.45, 7) is 18.8. The van der Waals surface area contributed by atoms with E-state index in [9.17, 15) is 5.11 Å². The molecule has 0 aromatic carbocycles. The lowest BCUT2D eigenvalue weighted by atomic mass is 10.1. The first-order valence-electron chi connectivity index (χ1n) is 7.98. The number of hydrogen-bond donors (Lipinski definition) is 1. The van der Waals surface area contributed by atoms with Crippen LogP contribution in [0.2, 0.25) is 26.2 Å². The van der Waals surface area contributed by atoms with E-state index < -0.39 is 22.7 Å². The van der Waals surface area contributed by atoms with Crippen molar-refractivity contribution >= 4 is 16.6 Å². The van der Waals surface area contributed by atoms with Crippen LogP contribution in [-0.2, 0) is 13.6 Å². The van der Waals surface area contributed by atoms with Gasteiger partial charge in [-0.2, -0.15) is 0 Å². The predicted molar refractivity (Wildman–Crippen MR) is 93.4 cm³/mol. The van der Waals surface area contributed by atoms with E-state index in [0.717, 1.165) is 0 Å². The van der Waals surface area contributed by atoms with Crippen LogP contribution in [0.1, 0.15) is 34.6 Å². The van der Waals surface area contributed by atoms with Crippen LogP contribution in [-0.4, -0.2) is 52.5 Å². The Bertz CT molecular complexity index is 265. The Kier molecular flexibility index (Phi) is 8.90. The van der Waals surface area contributed by atoms with Gasteiger partial charge in [0.15, 0.2) is 16.6 Å². The first kappa shape index (κ1) is 21.3. The zero-order valence-corrected chi connectivity index (χ0v) is 17.4. The Labute approximate surface area is 133 Å². The van der Waals surface area contributed by atoms with Crippen LogP contribution in [0.5, 0.6) is 0 Å². The maximum Gasteiger partial charge on any atom is 0.199 e. The van der Waals surface area contributed by atoms with Crippen molar-refractivity contribution in [3.05, 3.63) is 0 Å². The molecule has 0 radical (unpaired) electrons. The Morgan fingerprint density at radius 2 is 1.14 bits per heavy atom. The maximum absolute atomic E-state index is 9.49.